The van der Waals surface area contributed by atoms with Crippen molar-refractivity contribution >= 4 is 35.4 Å². The van der Waals surface area contributed by atoms with Crippen molar-refractivity contribution in [2.24, 2.45) is 0 Å². The molecule has 0 aliphatic rings. The first-order valence-electron chi connectivity index (χ1n) is 5.48. The van der Waals surface area contributed by atoms with Crippen molar-refractivity contribution in [2.45, 2.75) is 13.0 Å². The van der Waals surface area contributed by atoms with Crippen LogP contribution < -0.4 is 5.32 Å². The lowest BCUT2D eigenvalue weighted by Gasteiger charge is -2.12. The third-order valence-electron chi connectivity index (χ3n) is 2.50. The molecule has 0 aliphatic carbocycles. The zero-order valence-corrected chi connectivity index (χ0v) is 10.7. The number of benzene rings is 1. The number of nitrogens with zero attached hydrogens (tertiary/aromatic N) is 1. The Morgan fingerprint density at radius 3 is 2.78 bits per heavy atom. The van der Waals surface area contributed by atoms with Gasteiger partial charge >= 0.3 is 0 Å². The molecular weight excluding hydrogens is 250 g/mol. The van der Waals surface area contributed by atoms with Gasteiger partial charge in [-0.2, -0.15) is 12.6 Å². The minimum atomic E-state index is -0.661. The number of carbonyl (C=O) groups is 2. The van der Waals surface area contributed by atoms with E-state index in [1.165, 1.54) is 6.92 Å². The molecule has 0 spiro atoms. The number of thiol groups is 1. The Bertz CT molecular complexity index is 561. The van der Waals surface area contributed by atoms with Gasteiger partial charge in [0.2, 0.25) is 11.7 Å². The minimum absolute atomic E-state index is 0.232. The monoisotopic (exact) mass is 263 g/mol. The van der Waals surface area contributed by atoms with E-state index in [4.69, 9.17) is 0 Å². The molecule has 1 aromatic carbocycles. The highest BCUT2D eigenvalue weighted by molar-refractivity contribution is 7.80. The number of hydrogen-bond donors (Lipinski definition) is 3. The number of H-pyrrole nitrogens is 1. The second kappa shape index (κ2) is 5.22. The van der Waals surface area contributed by atoms with Crippen LogP contribution >= 0.6 is 12.6 Å². The van der Waals surface area contributed by atoms with Crippen LogP contribution in [-0.2, 0) is 4.79 Å². The molecule has 6 heteroatoms. The third kappa shape index (κ3) is 2.53. The Hall–Kier alpha value is -1.82. The summed E-state index contributed by atoms with van der Waals surface area (Å²) in [4.78, 5) is 30.3. The van der Waals surface area contributed by atoms with E-state index < -0.39 is 6.04 Å². The maximum Gasteiger partial charge on any atom is 0.221 e. The van der Waals surface area contributed by atoms with Gasteiger partial charge in [0.1, 0.15) is 6.04 Å². The number of hydrogen-bond acceptors (Lipinski definition) is 4. The van der Waals surface area contributed by atoms with E-state index >= 15 is 0 Å². The number of para-hydroxylation sites is 2. The van der Waals surface area contributed by atoms with E-state index in [9.17, 15) is 9.59 Å². The van der Waals surface area contributed by atoms with Crippen LogP contribution in [-0.4, -0.2) is 33.5 Å². The normalized spacial score (nSPS) is 12.3. The number of rotatable bonds is 4. The summed E-state index contributed by atoms with van der Waals surface area (Å²) in [5.41, 5.74) is 1.52. The van der Waals surface area contributed by atoms with E-state index in [-0.39, 0.29) is 23.3 Å². The van der Waals surface area contributed by atoms with Crippen LogP contribution in [0, 0.1) is 0 Å². The van der Waals surface area contributed by atoms with Crippen molar-refractivity contribution < 1.29 is 9.59 Å². The third-order valence-corrected chi connectivity index (χ3v) is 2.86. The number of Topliss-reactive ketones (excluding diaryl/α,β-unsaturated/α-hetero) is 1. The molecule has 18 heavy (non-hydrogen) atoms. The largest absolute Gasteiger partial charge is 0.345 e. The van der Waals surface area contributed by atoms with Crippen LogP contribution in [0.4, 0.5) is 0 Å². The molecule has 0 saturated carbocycles. The Morgan fingerprint density at radius 2 is 2.17 bits per heavy atom. The first kappa shape index (κ1) is 12.6. The molecule has 1 atom stereocenters. The lowest BCUT2D eigenvalue weighted by atomic mass is 10.2. The zero-order chi connectivity index (χ0) is 13.1. The van der Waals surface area contributed by atoms with Gasteiger partial charge in [0.05, 0.1) is 11.0 Å². The summed E-state index contributed by atoms with van der Waals surface area (Å²) in [6, 6.07) is 6.70. The summed E-state index contributed by atoms with van der Waals surface area (Å²) < 4.78 is 0. The lowest BCUT2D eigenvalue weighted by Crippen LogP contribution is -2.41. The van der Waals surface area contributed by atoms with Gasteiger partial charge in [0.25, 0.3) is 0 Å². The highest BCUT2D eigenvalue weighted by atomic mass is 32.1. The van der Waals surface area contributed by atoms with Crippen LogP contribution in [0.1, 0.15) is 17.5 Å². The van der Waals surface area contributed by atoms with E-state index in [1.807, 2.05) is 24.3 Å². The van der Waals surface area contributed by atoms with E-state index in [0.29, 0.717) is 0 Å². The smallest absolute Gasteiger partial charge is 0.221 e. The molecule has 1 amide bonds. The molecule has 1 heterocycles. The summed E-state index contributed by atoms with van der Waals surface area (Å²) in [5.74, 6) is -0.0611. The Labute approximate surface area is 109 Å². The van der Waals surface area contributed by atoms with Crippen molar-refractivity contribution in [2.75, 3.05) is 5.75 Å². The summed E-state index contributed by atoms with van der Waals surface area (Å²) in [6.45, 7) is 1.36. The first-order chi connectivity index (χ1) is 8.61. The van der Waals surface area contributed by atoms with E-state index in [2.05, 4.69) is 27.9 Å². The molecule has 5 nitrogen and oxygen atoms in total. The van der Waals surface area contributed by atoms with Crippen molar-refractivity contribution in [3.63, 3.8) is 0 Å². The van der Waals surface area contributed by atoms with Gasteiger partial charge in [-0.25, -0.2) is 4.98 Å². The molecule has 94 valence electrons. The maximum absolute atomic E-state index is 12.1. The quantitative estimate of drug-likeness (QED) is 0.573. The van der Waals surface area contributed by atoms with Crippen molar-refractivity contribution in [1.82, 2.24) is 15.3 Å². The van der Waals surface area contributed by atoms with E-state index in [1.54, 1.807) is 0 Å². The molecular formula is C12H13N3O2S. The second-order valence-electron chi connectivity index (χ2n) is 3.90. The lowest BCUT2D eigenvalue weighted by molar-refractivity contribution is -0.119. The molecule has 2 N–H and O–H groups in total. The molecule has 1 unspecified atom stereocenters. The van der Waals surface area contributed by atoms with Crippen LogP contribution in [0.3, 0.4) is 0 Å². The van der Waals surface area contributed by atoms with Crippen LogP contribution in [0.25, 0.3) is 11.0 Å². The average Bonchev–Trinajstić information content (AvgIpc) is 2.78. The molecule has 0 fully saturated rings. The van der Waals surface area contributed by atoms with Gasteiger partial charge < -0.3 is 10.3 Å². The standard InChI is InChI=1S/C12H13N3O2S/c1-7(16)13-10(6-18)11(17)12-14-8-4-2-3-5-9(8)15-12/h2-5,10,18H,6H2,1H3,(H,13,16)(H,14,15). The number of nitrogens with one attached hydrogen (secondary N) is 2. The predicted octanol–water partition coefficient (Wildman–Crippen LogP) is 1.18. The van der Waals surface area contributed by atoms with Gasteiger partial charge in [-0.1, -0.05) is 12.1 Å². The number of aromatic nitrogens is 2. The molecule has 1 aromatic heterocycles. The Morgan fingerprint density at radius 1 is 1.44 bits per heavy atom. The SMILES string of the molecule is CC(=O)NC(CS)C(=O)c1nc2ccccc2[nH]1. The minimum Gasteiger partial charge on any atom is -0.345 e. The predicted molar refractivity (Wildman–Crippen MR) is 71.9 cm³/mol. The summed E-state index contributed by atoms with van der Waals surface area (Å²) >= 11 is 4.07. The summed E-state index contributed by atoms with van der Waals surface area (Å²) in [6.07, 6.45) is 0. The maximum atomic E-state index is 12.1. The summed E-state index contributed by atoms with van der Waals surface area (Å²) in [7, 11) is 0. The van der Waals surface area contributed by atoms with Crippen molar-refractivity contribution in [3.05, 3.63) is 30.1 Å². The number of imidazole rings is 1. The van der Waals surface area contributed by atoms with Gasteiger partial charge in [-0.05, 0) is 12.1 Å². The fourth-order valence-corrected chi connectivity index (χ4v) is 1.93. The molecule has 0 saturated heterocycles. The average molecular weight is 263 g/mol. The molecule has 0 radical (unpaired) electrons. The molecule has 2 rings (SSSR count). The Balaban J connectivity index is 2.29. The number of aromatic amines is 1. The highest BCUT2D eigenvalue weighted by Crippen LogP contribution is 2.11. The second-order valence-corrected chi connectivity index (χ2v) is 4.27. The first-order valence-corrected chi connectivity index (χ1v) is 6.12. The fraction of sp³-hybridized carbons (Fsp3) is 0.250. The van der Waals surface area contributed by atoms with Crippen LogP contribution in [0.2, 0.25) is 0 Å². The molecule has 0 aliphatic heterocycles. The highest BCUT2D eigenvalue weighted by Gasteiger charge is 2.22. The zero-order valence-electron chi connectivity index (χ0n) is 9.80. The van der Waals surface area contributed by atoms with Crippen LogP contribution in [0.5, 0.6) is 0 Å². The van der Waals surface area contributed by atoms with Gasteiger partial charge in [0.15, 0.2) is 5.82 Å². The van der Waals surface area contributed by atoms with Gasteiger partial charge in [-0.3, -0.25) is 9.59 Å². The number of fused-ring (bicyclic) bond motifs is 1. The van der Waals surface area contributed by atoms with Crippen molar-refractivity contribution in [1.29, 1.82) is 0 Å². The number of carbonyl (C=O) groups excluding carboxylic acids is 2. The number of amides is 1. The molecule has 0 bridgehead atoms. The number of ketones is 1. The fourth-order valence-electron chi connectivity index (χ4n) is 1.67. The van der Waals surface area contributed by atoms with Gasteiger partial charge in [0, 0.05) is 12.7 Å². The van der Waals surface area contributed by atoms with Gasteiger partial charge in [-0.15, -0.1) is 0 Å². The Kier molecular flexibility index (Phi) is 3.66. The van der Waals surface area contributed by atoms with E-state index in [0.717, 1.165) is 11.0 Å². The van der Waals surface area contributed by atoms with Crippen molar-refractivity contribution in [3.8, 4) is 0 Å². The van der Waals surface area contributed by atoms with Crippen LogP contribution in [0.15, 0.2) is 24.3 Å². The molecule has 2 aromatic rings. The summed E-state index contributed by atoms with van der Waals surface area (Å²) in [5, 5.41) is 2.55. The topological polar surface area (TPSA) is 74.8 Å².